The van der Waals surface area contributed by atoms with Crippen molar-refractivity contribution in [2.24, 2.45) is 0 Å². The van der Waals surface area contributed by atoms with Crippen LogP contribution in [-0.2, 0) is 9.59 Å². The number of aliphatic hydroxyl groups excluding tert-OH is 1. The Morgan fingerprint density at radius 1 is 1.15 bits per heavy atom. The van der Waals surface area contributed by atoms with Gasteiger partial charge in [-0.25, -0.2) is 0 Å². The molecule has 33 heavy (non-hydrogen) atoms. The maximum atomic E-state index is 13.1. The van der Waals surface area contributed by atoms with Gasteiger partial charge in [0.05, 0.1) is 17.7 Å². The molecule has 0 radical (unpaired) electrons. The van der Waals surface area contributed by atoms with Gasteiger partial charge in [-0.15, -0.1) is 0 Å². The van der Waals surface area contributed by atoms with Crippen LogP contribution in [0.3, 0.4) is 0 Å². The maximum Gasteiger partial charge on any atom is 0.295 e. The molecule has 0 bridgehead atoms. The second-order valence-electron chi connectivity index (χ2n) is 8.84. The third kappa shape index (κ3) is 5.65. The largest absolute Gasteiger partial charge is 0.507 e. The third-order valence-electron chi connectivity index (χ3n) is 5.55. The summed E-state index contributed by atoms with van der Waals surface area (Å²) in [6, 6.07) is 12.2. The normalized spacial score (nSPS) is 17.9. The van der Waals surface area contributed by atoms with Crippen LogP contribution in [0.25, 0.3) is 5.76 Å². The molecule has 1 aliphatic rings. The monoisotopic (exact) mass is 514 g/mol. The molecule has 3 rings (SSSR count). The Hall–Kier alpha value is -2.64. The molecule has 1 saturated heterocycles. The van der Waals surface area contributed by atoms with Gasteiger partial charge in [-0.1, -0.05) is 28.1 Å². The quantitative estimate of drug-likeness (QED) is 0.307. The number of aliphatic hydroxyl groups is 1. The first-order valence-corrected chi connectivity index (χ1v) is 11.9. The number of aryl methyl sites for hydroxylation is 1. The molecule has 2 aromatic rings. The number of benzene rings is 2. The van der Waals surface area contributed by atoms with E-state index in [2.05, 4.69) is 15.9 Å². The fraction of sp³-hybridized carbons (Fsp3) is 0.385. The van der Waals surface area contributed by atoms with Crippen LogP contribution in [0.2, 0.25) is 0 Å². The number of nitrogens with zero attached hydrogens (tertiary/aromatic N) is 2. The maximum absolute atomic E-state index is 13.1. The van der Waals surface area contributed by atoms with Gasteiger partial charge >= 0.3 is 0 Å². The van der Waals surface area contributed by atoms with Crippen LogP contribution in [-0.4, -0.2) is 59.9 Å². The summed E-state index contributed by atoms with van der Waals surface area (Å²) in [5, 5.41) is 11.3. The average molecular weight is 515 g/mol. The highest BCUT2D eigenvalue weighted by Crippen LogP contribution is 2.40. The van der Waals surface area contributed by atoms with E-state index in [-0.39, 0.29) is 17.4 Å². The average Bonchev–Trinajstić information content (AvgIpc) is 2.98. The van der Waals surface area contributed by atoms with Crippen LogP contribution in [0.5, 0.6) is 5.75 Å². The Kier molecular flexibility index (Phi) is 7.97. The van der Waals surface area contributed by atoms with Crippen LogP contribution >= 0.6 is 15.9 Å². The Labute approximate surface area is 204 Å². The molecule has 176 valence electrons. The molecule has 1 fully saturated rings. The summed E-state index contributed by atoms with van der Waals surface area (Å²) in [7, 11) is 3.94. The first kappa shape index (κ1) is 25.0. The smallest absolute Gasteiger partial charge is 0.295 e. The first-order chi connectivity index (χ1) is 15.6. The van der Waals surface area contributed by atoms with Crippen molar-refractivity contribution in [3.63, 3.8) is 0 Å². The highest BCUT2D eigenvalue weighted by molar-refractivity contribution is 9.10. The minimum absolute atomic E-state index is 0.0220. The predicted octanol–water partition coefficient (Wildman–Crippen LogP) is 4.92. The molecule has 2 aromatic carbocycles. The lowest BCUT2D eigenvalue weighted by molar-refractivity contribution is -0.139. The fourth-order valence-electron chi connectivity index (χ4n) is 4.05. The van der Waals surface area contributed by atoms with E-state index in [4.69, 9.17) is 4.74 Å². The van der Waals surface area contributed by atoms with Crippen LogP contribution in [0.4, 0.5) is 0 Å². The molecule has 1 aliphatic heterocycles. The molecule has 0 aliphatic carbocycles. The third-order valence-corrected chi connectivity index (χ3v) is 6.08. The molecule has 0 spiro atoms. The second kappa shape index (κ2) is 10.5. The summed E-state index contributed by atoms with van der Waals surface area (Å²) in [4.78, 5) is 29.8. The van der Waals surface area contributed by atoms with Gasteiger partial charge in [-0.2, -0.15) is 0 Å². The van der Waals surface area contributed by atoms with Crippen LogP contribution < -0.4 is 4.74 Å². The molecule has 0 aromatic heterocycles. The predicted molar refractivity (Wildman–Crippen MR) is 133 cm³/mol. The van der Waals surface area contributed by atoms with Crippen molar-refractivity contribution in [3.05, 3.63) is 69.2 Å². The van der Waals surface area contributed by atoms with E-state index in [0.717, 1.165) is 22.1 Å². The van der Waals surface area contributed by atoms with E-state index >= 15 is 0 Å². The van der Waals surface area contributed by atoms with Crippen molar-refractivity contribution >= 4 is 33.4 Å². The minimum atomic E-state index is -0.660. The van der Waals surface area contributed by atoms with Gasteiger partial charge in [-0.05, 0) is 89.3 Å². The van der Waals surface area contributed by atoms with Crippen molar-refractivity contribution in [2.75, 3.05) is 27.2 Å². The Morgan fingerprint density at radius 3 is 2.39 bits per heavy atom. The zero-order valence-electron chi connectivity index (χ0n) is 19.8. The van der Waals surface area contributed by atoms with E-state index in [1.807, 2.05) is 70.1 Å². The lowest BCUT2D eigenvalue weighted by Gasteiger charge is -2.26. The van der Waals surface area contributed by atoms with Gasteiger partial charge in [0.15, 0.2) is 0 Å². The molecule has 7 heteroatoms. The first-order valence-electron chi connectivity index (χ1n) is 11.1. The lowest BCUT2D eigenvalue weighted by Crippen LogP contribution is -2.32. The zero-order chi connectivity index (χ0) is 24.3. The summed E-state index contributed by atoms with van der Waals surface area (Å²) < 4.78 is 6.64. The molecule has 0 saturated carbocycles. The number of hydrogen-bond acceptors (Lipinski definition) is 5. The lowest BCUT2D eigenvalue weighted by atomic mass is 9.94. The molecule has 0 unspecified atom stereocenters. The number of rotatable bonds is 8. The van der Waals surface area contributed by atoms with Gasteiger partial charge in [0.1, 0.15) is 11.5 Å². The second-order valence-corrected chi connectivity index (χ2v) is 9.76. The molecule has 1 N–H and O–H groups in total. The minimum Gasteiger partial charge on any atom is -0.507 e. The van der Waals surface area contributed by atoms with Crippen molar-refractivity contribution in [1.82, 2.24) is 9.80 Å². The number of hydrogen-bond donors (Lipinski definition) is 1. The summed E-state index contributed by atoms with van der Waals surface area (Å²) in [5.41, 5.74) is 2.17. The molecule has 1 amide bonds. The SMILES string of the molecule is Cc1cc(OC(C)C)ccc1/C(O)=C1\C(=O)C(=O)N(CCCN(C)C)[C@H]1c1ccc(Br)cc1. The van der Waals surface area contributed by atoms with Crippen molar-refractivity contribution < 1.29 is 19.4 Å². The van der Waals surface area contributed by atoms with Gasteiger partial charge in [0.25, 0.3) is 11.7 Å². The molecular formula is C26H31BrN2O4. The standard InChI is InChI=1S/C26H31BrN2O4/c1-16(2)33-20-11-12-21(17(3)15-20)24(30)22-23(18-7-9-19(27)10-8-18)29(26(32)25(22)31)14-6-13-28(4)5/h7-12,15-16,23,30H,6,13-14H2,1-5H3/b24-22+/t23-/m0/s1. The van der Waals surface area contributed by atoms with Gasteiger partial charge in [0.2, 0.25) is 0 Å². The number of ketones is 1. The number of Topliss-reactive ketones (excluding diaryl/α,β-unsaturated/α-hetero) is 1. The van der Waals surface area contributed by atoms with Crippen LogP contribution in [0.1, 0.15) is 43.0 Å². The summed E-state index contributed by atoms with van der Waals surface area (Å²) >= 11 is 3.44. The highest BCUT2D eigenvalue weighted by Gasteiger charge is 2.45. The van der Waals surface area contributed by atoms with E-state index in [1.165, 1.54) is 0 Å². The summed E-state index contributed by atoms with van der Waals surface area (Å²) in [6.07, 6.45) is 0.738. The van der Waals surface area contributed by atoms with E-state index < -0.39 is 17.7 Å². The molecule has 1 heterocycles. The highest BCUT2D eigenvalue weighted by atomic mass is 79.9. The van der Waals surface area contributed by atoms with E-state index in [9.17, 15) is 14.7 Å². The number of carbonyl (C=O) groups is 2. The molecule has 6 nitrogen and oxygen atoms in total. The topological polar surface area (TPSA) is 70.1 Å². The number of halogens is 1. The number of amides is 1. The Balaban J connectivity index is 2.08. The number of ether oxygens (including phenoxy) is 1. The zero-order valence-corrected chi connectivity index (χ0v) is 21.3. The van der Waals surface area contributed by atoms with Crippen LogP contribution in [0, 0.1) is 6.92 Å². The molecule has 1 atom stereocenters. The van der Waals surface area contributed by atoms with Crippen LogP contribution in [0.15, 0.2) is 52.5 Å². The molecular weight excluding hydrogens is 484 g/mol. The fourth-order valence-corrected chi connectivity index (χ4v) is 4.32. The number of likely N-dealkylation sites (tertiary alicyclic amines) is 1. The Morgan fingerprint density at radius 2 is 1.82 bits per heavy atom. The summed E-state index contributed by atoms with van der Waals surface area (Å²) in [5.74, 6) is -0.717. The number of carbonyl (C=O) groups excluding carboxylic acids is 2. The van der Waals surface area contributed by atoms with Crippen molar-refractivity contribution in [3.8, 4) is 5.75 Å². The van der Waals surface area contributed by atoms with E-state index in [0.29, 0.717) is 24.3 Å². The van der Waals surface area contributed by atoms with Gasteiger partial charge < -0.3 is 19.6 Å². The van der Waals surface area contributed by atoms with Crippen molar-refractivity contribution in [1.29, 1.82) is 0 Å². The van der Waals surface area contributed by atoms with Gasteiger partial charge in [-0.3, -0.25) is 9.59 Å². The van der Waals surface area contributed by atoms with Crippen molar-refractivity contribution in [2.45, 2.75) is 39.3 Å². The summed E-state index contributed by atoms with van der Waals surface area (Å²) in [6.45, 7) is 6.94. The van der Waals surface area contributed by atoms with Gasteiger partial charge in [0, 0.05) is 16.6 Å². The Bertz CT molecular complexity index is 1060. The van der Waals surface area contributed by atoms with E-state index in [1.54, 1.807) is 17.0 Å².